The summed E-state index contributed by atoms with van der Waals surface area (Å²) in [6.07, 6.45) is 0. The minimum absolute atomic E-state index is 0.257. The molecule has 0 radical (unpaired) electrons. The number of benzene rings is 3. The molecular weight excluding hydrogens is 359 g/mol. The summed E-state index contributed by atoms with van der Waals surface area (Å²) in [7, 11) is 4.61. The lowest BCUT2D eigenvalue weighted by Gasteiger charge is -2.16. The first-order valence-corrected chi connectivity index (χ1v) is 8.76. The van der Waals surface area contributed by atoms with E-state index in [1.807, 2.05) is 6.07 Å². The van der Waals surface area contributed by atoms with Gasteiger partial charge < -0.3 is 15.0 Å². The fraction of sp³-hybridized carbons (Fsp3) is 0.182. The first-order valence-electron chi connectivity index (χ1n) is 8.76. The Morgan fingerprint density at radius 1 is 1.07 bits per heavy atom. The number of ether oxygens (including phenoxy) is 1. The van der Waals surface area contributed by atoms with Gasteiger partial charge in [-0.3, -0.25) is 4.79 Å². The third kappa shape index (κ3) is 3.81. The van der Waals surface area contributed by atoms with Crippen LogP contribution in [0.4, 0.5) is 10.1 Å². The van der Waals surface area contributed by atoms with Crippen LogP contribution in [0.25, 0.3) is 10.8 Å². The Bertz CT molecular complexity index is 1050. The Morgan fingerprint density at radius 3 is 2.54 bits per heavy atom. The van der Waals surface area contributed by atoms with Crippen molar-refractivity contribution in [3.8, 4) is 0 Å². The molecule has 3 rings (SSSR count). The largest absolute Gasteiger partial charge is 0.465 e. The molecule has 0 atom stereocenters. The predicted molar refractivity (Wildman–Crippen MR) is 107 cm³/mol. The van der Waals surface area contributed by atoms with Crippen LogP contribution in [0, 0.1) is 5.82 Å². The Morgan fingerprint density at radius 2 is 1.82 bits per heavy atom. The number of carbonyl (C=O) groups excluding carboxylic acids is 2. The average molecular weight is 380 g/mol. The van der Waals surface area contributed by atoms with Gasteiger partial charge in [-0.25, -0.2) is 9.18 Å². The molecule has 0 aliphatic carbocycles. The molecule has 1 N–H and O–H groups in total. The highest BCUT2D eigenvalue weighted by Crippen LogP contribution is 2.30. The fourth-order valence-electron chi connectivity index (χ4n) is 3.06. The highest BCUT2D eigenvalue weighted by molar-refractivity contribution is 6.10. The maximum atomic E-state index is 14.5. The molecule has 0 heterocycles. The van der Waals surface area contributed by atoms with Crippen molar-refractivity contribution in [1.29, 1.82) is 0 Å². The van der Waals surface area contributed by atoms with E-state index in [4.69, 9.17) is 4.74 Å². The zero-order valence-corrected chi connectivity index (χ0v) is 16.0. The number of amides is 1. The van der Waals surface area contributed by atoms with E-state index in [0.717, 1.165) is 5.56 Å². The molecule has 0 aliphatic rings. The molecule has 0 bridgehead atoms. The summed E-state index contributed by atoms with van der Waals surface area (Å²) in [6, 6.07) is 15.2. The Balaban J connectivity index is 1.95. The zero-order valence-electron chi connectivity index (χ0n) is 16.0. The van der Waals surface area contributed by atoms with Gasteiger partial charge in [0.1, 0.15) is 5.82 Å². The minimum atomic E-state index is -0.445. The number of hydrogen-bond acceptors (Lipinski definition) is 4. The third-order valence-corrected chi connectivity index (χ3v) is 4.46. The molecule has 0 spiro atoms. The van der Waals surface area contributed by atoms with Gasteiger partial charge in [-0.1, -0.05) is 24.3 Å². The SMILES string of the molecule is COC(=O)c1cccc(CNc2ccc(C(=O)N(C)C)c3c(F)cccc23)c1. The molecule has 3 aromatic carbocycles. The molecule has 3 aromatic rings. The monoisotopic (exact) mass is 380 g/mol. The lowest BCUT2D eigenvalue weighted by Crippen LogP contribution is -2.22. The standard InChI is InChI=1S/C22H21FN2O3/c1-25(2)21(26)17-10-11-19(16-8-5-9-18(23)20(16)17)24-13-14-6-4-7-15(12-14)22(27)28-3/h4-12,24H,13H2,1-3H3. The number of halogens is 1. The first kappa shape index (κ1) is 19.4. The Hall–Kier alpha value is -3.41. The van der Waals surface area contributed by atoms with E-state index in [1.165, 1.54) is 18.1 Å². The smallest absolute Gasteiger partial charge is 0.337 e. The second-order valence-corrected chi connectivity index (χ2v) is 6.57. The summed E-state index contributed by atoms with van der Waals surface area (Å²) in [5.41, 5.74) is 2.36. The van der Waals surface area contributed by atoms with Gasteiger partial charge >= 0.3 is 5.97 Å². The minimum Gasteiger partial charge on any atom is -0.465 e. The predicted octanol–water partition coefficient (Wildman–Crippen LogP) is 4.08. The molecule has 0 fully saturated rings. The molecule has 1 amide bonds. The number of nitrogens with zero attached hydrogens (tertiary/aromatic N) is 1. The van der Waals surface area contributed by atoms with Crippen LogP contribution in [0.3, 0.4) is 0 Å². The lowest BCUT2D eigenvalue weighted by molar-refractivity contribution is 0.0600. The normalized spacial score (nSPS) is 10.6. The number of methoxy groups -OCH3 is 1. The Kier molecular flexibility index (Phi) is 5.59. The van der Waals surface area contributed by atoms with Crippen molar-refractivity contribution in [3.05, 3.63) is 77.1 Å². The highest BCUT2D eigenvalue weighted by Gasteiger charge is 2.17. The lowest BCUT2D eigenvalue weighted by atomic mass is 10.0. The molecular formula is C22H21FN2O3. The number of nitrogens with one attached hydrogen (secondary N) is 1. The number of fused-ring (bicyclic) bond motifs is 1. The van der Waals surface area contributed by atoms with Crippen LogP contribution in [-0.4, -0.2) is 38.0 Å². The van der Waals surface area contributed by atoms with Crippen LogP contribution in [0.5, 0.6) is 0 Å². The van der Waals surface area contributed by atoms with Crippen LogP contribution in [0.1, 0.15) is 26.3 Å². The number of anilines is 1. The third-order valence-electron chi connectivity index (χ3n) is 4.46. The molecule has 0 saturated carbocycles. The van der Waals surface area contributed by atoms with E-state index in [9.17, 15) is 14.0 Å². The molecule has 0 saturated heterocycles. The number of carbonyl (C=O) groups is 2. The van der Waals surface area contributed by atoms with E-state index < -0.39 is 11.8 Å². The van der Waals surface area contributed by atoms with Crippen molar-refractivity contribution in [3.63, 3.8) is 0 Å². The van der Waals surface area contributed by atoms with Gasteiger partial charge in [0.15, 0.2) is 0 Å². The van der Waals surface area contributed by atoms with Crippen LogP contribution in [0.15, 0.2) is 54.6 Å². The molecule has 0 aromatic heterocycles. The van der Waals surface area contributed by atoms with Crippen molar-refractivity contribution >= 4 is 28.3 Å². The average Bonchev–Trinajstić information content (AvgIpc) is 2.71. The van der Waals surface area contributed by atoms with Gasteiger partial charge in [0.2, 0.25) is 0 Å². The number of rotatable bonds is 5. The van der Waals surface area contributed by atoms with Gasteiger partial charge in [0.05, 0.1) is 18.2 Å². The Labute approximate surface area is 162 Å². The quantitative estimate of drug-likeness (QED) is 0.678. The molecule has 0 unspecified atom stereocenters. The first-order chi connectivity index (χ1) is 13.4. The second-order valence-electron chi connectivity index (χ2n) is 6.57. The van der Waals surface area contributed by atoms with Crippen molar-refractivity contribution < 1.29 is 18.7 Å². The molecule has 5 nitrogen and oxygen atoms in total. The van der Waals surface area contributed by atoms with Crippen molar-refractivity contribution in [1.82, 2.24) is 4.90 Å². The molecule has 144 valence electrons. The number of hydrogen-bond donors (Lipinski definition) is 1. The summed E-state index contributed by atoms with van der Waals surface area (Å²) >= 11 is 0. The second kappa shape index (κ2) is 8.08. The zero-order chi connectivity index (χ0) is 20.3. The maximum absolute atomic E-state index is 14.5. The summed E-state index contributed by atoms with van der Waals surface area (Å²) in [5.74, 6) is -1.10. The summed E-state index contributed by atoms with van der Waals surface area (Å²) < 4.78 is 19.3. The fourth-order valence-corrected chi connectivity index (χ4v) is 3.06. The van der Waals surface area contributed by atoms with Gasteiger partial charge in [-0.15, -0.1) is 0 Å². The van der Waals surface area contributed by atoms with Gasteiger partial charge in [0, 0.05) is 37.1 Å². The van der Waals surface area contributed by atoms with E-state index in [1.54, 1.807) is 56.6 Å². The van der Waals surface area contributed by atoms with Crippen LogP contribution < -0.4 is 5.32 Å². The summed E-state index contributed by atoms with van der Waals surface area (Å²) in [4.78, 5) is 25.5. The van der Waals surface area contributed by atoms with E-state index in [-0.39, 0.29) is 11.3 Å². The summed E-state index contributed by atoms with van der Waals surface area (Å²) in [6.45, 7) is 0.428. The van der Waals surface area contributed by atoms with Crippen LogP contribution in [-0.2, 0) is 11.3 Å². The van der Waals surface area contributed by atoms with Gasteiger partial charge in [0.25, 0.3) is 5.91 Å². The molecule has 28 heavy (non-hydrogen) atoms. The van der Waals surface area contributed by atoms with Gasteiger partial charge in [-0.2, -0.15) is 0 Å². The van der Waals surface area contributed by atoms with E-state index >= 15 is 0 Å². The van der Waals surface area contributed by atoms with Crippen molar-refractivity contribution in [2.75, 3.05) is 26.5 Å². The summed E-state index contributed by atoms with van der Waals surface area (Å²) in [5, 5.41) is 4.18. The van der Waals surface area contributed by atoms with Crippen molar-refractivity contribution in [2.45, 2.75) is 6.54 Å². The van der Waals surface area contributed by atoms with Crippen LogP contribution in [0.2, 0.25) is 0 Å². The van der Waals surface area contributed by atoms with Crippen molar-refractivity contribution in [2.24, 2.45) is 0 Å². The maximum Gasteiger partial charge on any atom is 0.337 e. The highest BCUT2D eigenvalue weighted by atomic mass is 19.1. The molecule has 0 aliphatic heterocycles. The van der Waals surface area contributed by atoms with Crippen LogP contribution >= 0.6 is 0 Å². The van der Waals surface area contributed by atoms with E-state index in [2.05, 4.69) is 5.32 Å². The number of esters is 1. The molecule has 6 heteroatoms. The van der Waals surface area contributed by atoms with E-state index in [0.29, 0.717) is 28.7 Å². The van der Waals surface area contributed by atoms with Gasteiger partial charge in [-0.05, 0) is 35.9 Å². The topological polar surface area (TPSA) is 58.6 Å².